The number of nitriles is 1. The fraction of sp³-hybridized carbons (Fsp3) is 0.462. The van der Waals surface area contributed by atoms with Crippen LogP contribution in [-0.2, 0) is 14.8 Å². The number of ether oxygens (including phenoxy) is 2. The standard InChI is InChI=1S/C13H15N3O6S/c1-21-11-8-10(16(17)18)2-3-12(11)23(19,20)15-13(9-14)4-6-22-7-5-13/h2-3,8,15H,4-7H2,1H3. The lowest BCUT2D eigenvalue weighted by atomic mass is 9.93. The van der Waals surface area contributed by atoms with Crippen LogP contribution in [0.15, 0.2) is 23.1 Å². The number of non-ortho nitro benzene ring substituents is 1. The van der Waals surface area contributed by atoms with E-state index in [1.165, 1.54) is 7.11 Å². The van der Waals surface area contributed by atoms with Crippen molar-refractivity contribution < 1.29 is 22.8 Å². The van der Waals surface area contributed by atoms with E-state index in [2.05, 4.69) is 4.72 Å². The van der Waals surface area contributed by atoms with E-state index in [9.17, 15) is 23.8 Å². The summed E-state index contributed by atoms with van der Waals surface area (Å²) in [5, 5.41) is 20.1. The third kappa shape index (κ3) is 3.58. The lowest BCUT2D eigenvalue weighted by Crippen LogP contribution is -2.50. The lowest BCUT2D eigenvalue weighted by Gasteiger charge is -2.31. The van der Waals surface area contributed by atoms with Gasteiger partial charge >= 0.3 is 0 Å². The number of nitro groups is 1. The molecule has 0 aliphatic carbocycles. The number of hydrogen-bond acceptors (Lipinski definition) is 7. The van der Waals surface area contributed by atoms with Gasteiger partial charge < -0.3 is 9.47 Å². The van der Waals surface area contributed by atoms with E-state index in [0.717, 1.165) is 18.2 Å². The highest BCUT2D eigenvalue weighted by atomic mass is 32.2. The summed E-state index contributed by atoms with van der Waals surface area (Å²) < 4.78 is 37.6. The number of sulfonamides is 1. The molecule has 0 aromatic heterocycles. The van der Waals surface area contributed by atoms with Gasteiger partial charge in [0, 0.05) is 32.1 Å². The number of nitrogens with one attached hydrogen (secondary N) is 1. The Morgan fingerprint density at radius 1 is 1.43 bits per heavy atom. The van der Waals surface area contributed by atoms with Crippen LogP contribution in [0.4, 0.5) is 5.69 Å². The van der Waals surface area contributed by atoms with Crippen LogP contribution < -0.4 is 9.46 Å². The van der Waals surface area contributed by atoms with Crippen LogP contribution in [0.2, 0.25) is 0 Å². The Morgan fingerprint density at radius 3 is 2.61 bits per heavy atom. The number of hydrogen-bond donors (Lipinski definition) is 1. The Bertz CT molecular complexity index is 749. The molecule has 1 saturated heterocycles. The molecule has 0 saturated carbocycles. The van der Waals surface area contributed by atoms with Gasteiger partial charge in [0.1, 0.15) is 16.2 Å². The summed E-state index contributed by atoms with van der Waals surface area (Å²) in [4.78, 5) is 9.86. The van der Waals surface area contributed by atoms with Crippen molar-refractivity contribution >= 4 is 15.7 Å². The zero-order valence-electron chi connectivity index (χ0n) is 12.3. The SMILES string of the molecule is COc1cc([N+](=O)[O-])ccc1S(=O)(=O)NC1(C#N)CCOCC1. The molecule has 1 N–H and O–H groups in total. The predicted molar refractivity (Wildman–Crippen MR) is 78.4 cm³/mol. The third-order valence-corrected chi connectivity index (χ3v) is 5.11. The topological polar surface area (TPSA) is 132 Å². The summed E-state index contributed by atoms with van der Waals surface area (Å²) in [6.07, 6.45) is 0.441. The van der Waals surface area contributed by atoms with Crippen molar-refractivity contribution in [3.8, 4) is 11.8 Å². The van der Waals surface area contributed by atoms with E-state index in [0.29, 0.717) is 0 Å². The highest BCUT2D eigenvalue weighted by Gasteiger charge is 2.38. The summed E-state index contributed by atoms with van der Waals surface area (Å²) in [6, 6.07) is 5.17. The van der Waals surface area contributed by atoms with Gasteiger partial charge in [-0.1, -0.05) is 0 Å². The van der Waals surface area contributed by atoms with Crippen LogP contribution in [0, 0.1) is 21.4 Å². The maximum atomic E-state index is 12.6. The average Bonchev–Trinajstić information content (AvgIpc) is 2.54. The Labute approximate surface area is 133 Å². The minimum atomic E-state index is -4.09. The van der Waals surface area contributed by atoms with Crippen LogP contribution in [-0.4, -0.2) is 39.2 Å². The quantitative estimate of drug-likeness (QED) is 0.623. The second-order valence-electron chi connectivity index (χ2n) is 5.00. The zero-order valence-corrected chi connectivity index (χ0v) is 13.1. The van der Waals surface area contributed by atoms with E-state index in [1.807, 2.05) is 6.07 Å². The van der Waals surface area contributed by atoms with Crippen molar-refractivity contribution in [2.45, 2.75) is 23.3 Å². The Balaban J connectivity index is 2.39. The molecule has 1 aromatic rings. The average molecular weight is 341 g/mol. The van der Waals surface area contributed by atoms with Crippen molar-refractivity contribution in [3.05, 3.63) is 28.3 Å². The van der Waals surface area contributed by atoms with Crippen LogP contribution in [0.3, 0.4) is 0 Å². The van der Waals surface area contributed by atoms with Gasteiger partial charge in [-0.25, -0.2) is 8.42 Å². The van der Waals surface area contributed by atoms with Gasteiger partial charge in [-0.05, 0) is 6.07 Å². The molecule has 1 heterocycles. The number of benzene rings is 1. The van der Waals surface area contributed by atoms with Gasteiger partial charge in [0.2, 0.25) is 10.0 Å². The minimum Gasteiger partial charge on any atom is -0.495 e. The molecule has 23 heavy (non-hydrogen) atoms. The molecule has 1 aromatic carbocycles. The molecule has 0 spiro atoms. The van der Waals surface area contributed by atoms with E-state index in [1.54, 1.807) is 0 Å². The third-order valence-electron chi connectivity index (χ3n) is 3.54. The molecule has 0 atom stereocenters. The zero-order chi connectivity index (χ0) is 17.1. The van der Waals surface area contributed by atoms with Crippen molar-refractivity contribution in [2.24, 2.45) is 0 Å². The first kappa shape index (κ1) is 17.1. The fourth-order valence-electron chi connectivity index (χ4n) is 2.26. The van der Waals surface area contributed by atoms with E-state index >= 15 is 0 Å². The van der Waals surface area contributed by atoms with Gasteiger partial charge in [-0.2, -0.15) is 9.98 Å². The summed E-state index contributed by atoms with van der Waals surface area (Å²) in [5.41, 5.74) is -1.55. The summed E-state index contributed by atoms with van der Waals surface area (Å²) >= 11 is 0. The molecular formula is C13H15N3O6S. The highest BCUT2D eigenvalue weighted by molar-refractivity contribution is 7.89. The number of nitrogens with zero attached hydrogens (tertiary/aromatic N) is 2. The van der Waals surface area contributed by atoms with Gasteiger partial charge in [-0.3, -0.25) is 10.1 Å². The molecule has 0 unspecified atom stereocenters. The van der Waals surface area contributed by atoms with E-state index < -0.39 is 20.5 Å². The molecule has 1 fully saturated rings. The first-order chi connectivity index (χ1) is 10.8. The highest BCUT2D eigenvalue weighted by Crippen LogP contribution is 2.30. The minimum absolute atomic E-state index is 0.160. The van der Waals surface area contributed by atoms with Crippen molar-refractivity contribution in [1.29, 1.82) is 5.26 Å². The largest absolute Gasteiger partial charge is 0.495 e. The molecule has 10 heteroatoms. The first-order valence-corrected chi connectivity index (χ1v) is 8.17. The second kappa shape index (κ2) is 6.49. The fourth-order valence-corrected chi connectivity index (χ4v) is 3.79. The summed E-state index contributed by atoms with van der Waals surface area (Å²) in [6.45, 7) is 0.543. The van der Waals surface area contributed by atoms with Crippen molar-refractivity contribution in [2.75, 3.05) is 20.3 Å². The lowest BCUT2D eigenvalue weighted by molar-refractivity contribution is -0.385. The molecular weight excluding hydrogens is 326 g/mol. The molecule has 2 rings (SSSR count). The number of methoxy groups -OCH3 is 1. The van der Waals surface area contributed by atoms with Gasteiger partial charge in [0.25, 0.3) is 5.69 Å². The monoisotopic (exact) mass is 341 g/mol. The maximum absolute atomic E-state index is 12.6. The van der Waals surface area contributed by atoms with Gasteiger partial charge in [0.05, 0.1) is 24.2 Å². The smallest absolute Gasteiger partial charge is 0.273 e. The van der Waals surface area contributed by atoms with Crippen LogP contribution >= 0.6 is 0 Å². The molecule has 1 aliphatic rings. The van der Waals surface area contributed by atoms with E-state index in [4.69, 9.17) is 9.47 Å². The Hall–Kier alpha value is -2.22. The predicted octanol–water partition coefficient (Wildman–Crippen LogP) is 0.954. The molecule has 9 nitrogen and oxygen atoms in total. The van der Waals surface area contributed by atoms with Crippen LogP contribution in [0.1, 0.15) is 12.8 Å². The van der Waals surface area contributed by atoms with Gasteiger partial charge in [0.15, 0.2) is 0 Å². The maximum Gasteiger partial charge on any atom is 0.273 e. The van der Waals surface area contributed by atoms with Gasteiger partial charge in [-0.15, -0.1) is 0 Å². The molecule has 0 radical (unpaired) electrons. The molecule has 124 valence electrons. The second-order valence-corrected chi connectivity index (χ2v) is 6.65. The van der Waals surface area contributed by atoms with Crippen LogP contribution in [0.25, 0.3) is 0 Å². The van der Waals surface area contributed by atoms with Crippen LogP contribution in [0.5, 0.6) is 5.75 Å². The molecule has 0 bridgehead atoms. The normalized spacial score (nSPS) is 17.2. The number of rotatable bonds is 5. The Morgan fingerprint density at radius 2 is 2.09 bits per heavy atom. The number of nitro benzene ring substituents is 1. The summed E-state index contributed by atoms with van der Waals surface area (Å²) in [5.74, 6) is -0.160. The van der Waals surface area contributed by atoms with E-state index in [-0.39, 0.29) is 42.4 Å². The van der Waals surface area contributed by atoms with Crippen molar-refractivity contribution in [1.82, 2.24) is 4.72 Å². The first-order valence-electron chi connectivity index (χ1n) is 6.69. The van der Waals surface area contributed by atoms with Crippen molar-refractivity contribution in [3.63, 3.8) is 0 Å². The molecule has 0 amide bonds. The summed E-state index contributed by atoms with van der Waals surface area (Å²) in [7, 11) is -2.88. The Kier molecular flexibility index (Phi) is 4.84. The molecule has 1 aliphatic heterocycles.